The largest absolute Gasteiger partial charge is 0.490 e. The zero-order valence-corrected chi connectivity index (χ0v) is 24.0. The molecule has 0 aromatic heterocycles. The molecule has 7 nitrogen and oxygen atoms in total. The zero-order valence-electron chi connectivity index (χ0n) is 21.1. The van der Waals surface area contributed by atoms with Gasteiger partial charge in [0.1, 0.15) is 0 Å². The van der Waals surface area contributed by atoms with E-state index in [2.05, 4.69) is 27.9 Å². The number of imide groups is 1. The summed E-state index contributed by atoms with van der Waals surface area (Å²) in [7, 11) is 0. The molecule has 2 aromatic rings. The molecule has 0 unspecified atom stereocenters. The Morgan fingerprint density at radius 1 is 1.14 bits per heavy atom. The van der Waals surface area contributed by atoms with Gasteiger partial charge in [0, 0.05) is 12.2 Å². The molecule has 1 saturated heterocycles. The molecule has 37 heavy (non-hydrogen) atoms. The maximum atomic E-state index is 13.0. The number of halogens is 1. The lowest BCUT2D eigenvalue weighted by Gasteiger charge is -2.25. The van der Waals surface area contributed by atoms with Crippen LogP contribution in [-0.2, 0) is 9.59 Å². The summed E-state index contributed by atoms with van der Waals surface area (Å²) in [6.07, 6.45) is 7.43. The summed E-state index contributed by atoms with van der Waals surface area (Å²) in [6, 6.07) is 11.2. The number of rotatable bonds is 9. The number of nitrogens with one attached hydrogen (secondary N) is 1. The fourth-order valence-corrected chi connectivity index (χ4v) is 6.11. The highest BCUT2D eigenvalue weighted by atomic mass is 127. The SMILES string of the molecule is CCOc1cc(/C=C2/SC(=O)N(CC3CCCCC3)C2=O)cc(I)c1OCC(=O)Nc1ccc(C)cc1. The number of ether oxygens (including phenoxy) is 2. The van der Waals surface area contributed by atoms with Crippen LogP contribution in [0.2, 0.25) is 0 Å². The lowest BCUT2D eigenvalue weighted by atomic mass is 9.89. The van der Waals surface area contributed by atoms with E-state index in [0.717, 1.165) is 52.1 Å². The molecule has 1 heterocycles. The van der Waals surface area contributed by atoms with Crippen molar-refractivity contribution in [1.82, 2.24) is 4.90 Å². The first-order valence-corrected chi connectivity index (χ1v) is 14.4. The van der Waals surface area contributed by atoms with Gasteiger partial charge in [-0.2, -0.15) is 0 Å². The first-order valence-electron chi connectivity index (χ1n) is 12.5. The van der Waals surface area contributed by atoms with E-state index < -0.39 is 0 Å². The van der Waals surface area contributed by atoms with Crippen molar-refractivity contribution in [3.8, 4) is 11.5 Å². The minimum absolute atomic E-state index is 0.177. The van der Waals surface area contributed by atoms with Crippen LogP contribution in [0.5, 0.6) is 11.5 Å². The van der Waals surface area contributed by atoms with Crippen LogP contribution in [0.25, 0.3) is 6.08 Å². The third kappa shape index (κ3) is 7.28. The number of anilines is 1. The Morgan fingerprint density at radius 2 is 1.86 bits per heavy atom. The second kappa shape index (κ2) is 12.8. The third-order valence-corrected chi connectivity index (χ3v) is 8.06. The number of thioether (sulfide) groups is 1. The number of benzene rings is 2. The highest BCUT2D eigenvalue weighted by Crippen LogP contribution is 2.38. The highest BCUT2D eigenvalue weighted by molar-refractivity contribution is 14.1. The minimum Gasteiger partial charge on any atom is -0.490 e. The minimum atomic E-state index is -0.280. The van der Waals surface area contributed by atoms with Crippen LogP contribution in [-0.4, -0.2) is 41.7 Å². The van der Waals surface area contributed by atoms with E-state index in [1.54, 1.807) is 12.1 Å². The third-order valence-electron chi connectivity index (χ3n) is 6.35. The smallest absolute Gasteiger partial charge is 0.293 e. The average molecular weight is 635 g/mol. The summed E-state index contributed by atoms with van der Waals surface area (Å²) in [5.74, 6) is 0.820. The fraction of sp³-hybridized carbons (Fsp3) is 0.393. The van der Waals surface area contributed by atoms with Crippen LogP contribution < -0.4 is 14.8 Å². The average Bonchev–Trinajstić information content (AvgIpc) is 3.13. The first kappa shape index (κ1) is 27.5. The van der Waals surface area contributed by atoms with Crippen LogP contribution in [0.4, 0.5) is 10.5 Å². The number of hydrogen-bond acceptors (Lipinski definition) is 6. The maximum Gasteiger partial charge on any atom is 0.293 e. The molecule has 2 aliphatic rings. The number of hydrogen-bond donors (Lipinski definition) is 1. The van der Waals surface area contributed by atoms with Crippen molar-refractivity contribution in [3.05, 3.63) is 56.0 Å². The van der Waals surface area contributed by atoms with Gasteiger partial charge in [-0.05, 0) is 103 Å². The van der Waals surface area contributed by atoms with E-state index in [1.165, 1.54) is 11.3 Å². The molecule has 9 heteroatoms. The van der Waals surface area contributed by atoms with Gasteiger partial charge in [0.05, 0.1) is 15.1 Å². The number of nitrogens with zero attached hydrogens (tertiary/aromatic N) is 1. The predicted octanol–water partition coefficient (Wildman–Crippen LogP) is 6.63. The Bertz CT molecular complexity index is 1190. The molecule has 0 atom stereocenters. The summed E-state index contributed by atoms with van der Waals surface area (Å²) < 4.78 is 12.4. The Labute approximate surface area is 235 Å². The van der Waals surface area contributed by atoms with Crippen molar-refractivity contribution in [2.75, 3.05) is 25.1 Å². The van der Waals surface area contributed by atoms with Gasteiger partial charge in [0.2, 0.25) is 0 Å². The Morgan fingerprint density at radius 3 is 2.57 bits per heavy atom. The van der Waals surface area contributed by atoms with Crippen LogP contribution in [0, 0.1) is 16.4 Å². The molecule has 3 amide bonds. The van der Waals surface area contributed by atoms with Gasteiger partial charge in [-0.25, -0.2) is 0 Å². The summed E-state index contributed by atoms with van der Waals surface area (Å²) in [4.78, 5) is 39.8. The molecule has 0 bridgehead atoms. The van der Waals surface area contributed by atoms with Crippen molar-refractivity contribution >= 4 is 63.2 Å². The Kier molecular flexibility index (Phi) is 9.53. The number of carbonyl (C=O) groups excluding carboxylic acids is 3. The number of carbonyl (C=O) groups is 3. The molecule has 1 aliphatic carbocycles. The highest BCUT2D eigenvalue weighted by Gasteiger charge is 2.36. The van der Waals surface area contributed by atoms with Crippen molar-refractivity contribution in [2.45, 2.75) is 46.0 Å². The van der Waals surface area contributed by atoms with Crippen LogP contribution in [0.15, 0.2) is 41.3 Å². The summed E-state index contributed by atoms with van der Waals surface area (Å²) in [5, 5.41) is 2.61. The predicted molar refractivity (Wildman–Crippen MR) is 155 cm³/mol. The summed E-state index contributed by atoms with van der Waals surface area (Å²) in [6.45, 7) is 4.58. The van der Waals surface area contributed by atoms with Gasteiger partial charge < -0.3 is 14.8 Å². The second-order valence-electron chi connectivity index (χ2n) is 9.26. The number of amides is 3. The first-order chi connectivity index (χ1) is 17.8. The molecular formula is C28H31IN2O5S. The Hall–Kier alpha value is -2.53. The normalized spacial score (nSPS) is 17.4. The molecule has 4 rings (SSSR count). The fourth-order valence-electron chi connectivity index (χ4n) is 4.48. The zero-order chi connectivity index (χ0) is 26.4. The molecule has 1 N–H and O–H groups in total. The maximum absolute atomic E-state index is 13.0. The molecular weight excluding hydrogens is 603 g/mol. The van der Waals surface area contributed by atoms with Gasteiger partial charge in [0.25, 0.3) is 17.1 Å². The second-order valence-corrected chi connectivity index (χ2v) is 11.4. The molecule has 196 valence electrons. The van der Waals surface area contributed by atoms with E-state index in [-0.39, 0.29) is 23.7 Å². The van der Waals surface area contributed by atoms with Gasteiger partial charge in [-0.3, -0.25) is 19.3 Å². The Balaban J connectivity index is 1.45. The van der Waals surface area contributed by atoms with Crippen LogP contribution in [0.3, 0.4) is 0 Å². The number of aryl methyl sites for hydroxylation is 1. The monoisotopic (exact) mass is 634 g/mol. The topological polar surface area (TPSA) is 84.9 Å². The summed E-state index contributed by atoms with van der Waals surface area (Å²) >= 11 is 3.11. The summed E-state index contributed by atoms with van der Waals surface area (Å²) in [5.41, 5.74) is 2.54. The molecule has 0 radical (unpaired) electrons. The van der Waals surface area contributed by atoms with E-state index in [1.807, 2.05) is 44.2 Å². The van der Waals surface area contributed by atoms with Crippen molar-refractivity contribution in [3.63, 3.8) is 0 Å². The van der Waals surface area contributed by atoms with Crippen molar-refractivity contribution in [1.29, 1.82) is 0 Å². The molecule has 2 aromatic carbocycles. The van der Waals surface area contributed by atoms with E-state index >= 15 is 0 Å². The van der Waals surface area contributed by atoms with Crippen LogP contribution >= 0.6 is 34.4 Å². The van der Waals surface area contributed by atoms with Gasteiger partial charge in [-0.1, -0.05) is 37.0 Å². The van der Waals surface area contributed by atoms with Crippen molar-refractivity contribution in [2.24, 2.45) is 5.92 Å². The van der Waals surface area contributed by atoms with Gasteiger partial charge >= 0.3 is 0 Å². The van der Waals surface area contributed by atoms with E-state index in [4.69, 9.17) is 9.47 Å². The lowest BCUT2D eigenvalue weighted by molar-refractivity contribution is -0.123. The van der Waals surface area contributed by atoms with Gasteiger partial charge in [-0.15, -0.1) is 0 Å². The van der Waals surface area contributed by atoms with Crippen molar-refractivity contribution < 1.29 is 23.9 Å². The van der Waals surface area contributed by atoms with E-state index in [0.29, 0.717) is 41.2 Å². The molecule has 1 saturated carbocycles. The quantitative estimate of drug-likeness (QED) is 0.246. The molecule has 2 fully saturated rings. The molecule has 0 spiro atoms. The van der Waals surface area contributed by atoms with Gasteiger partial charge in [0.15, 0.2) is 18.1 Å². The van der Waals surface area contributed by atoms with E-state index in [9.17, 15) is 14.4 Å². The lowest BCUT2D eigenvalue weighted by Crippen LogP contribution is -2.34. The van der Waals surface area contributed by atoms with Crippen LogP contribution in [0.1, 0.15) is 50.2 Å². The standard InChI is InChI=1S/C28H31IN2O5S/c1-3-35-23-14-20(15-24-27(33)31(28(34)37-24)16-19-7-5-4-6-8-19)13-22(29)26(23)36-17-25(32)30-21-11-9-18(2)10-12-21/h9-15,19H,3-8,16-17H2,1-2H3,(H,30,32)/b24-15+. The molecule has 1 aliphatic heterocycles.